The molecule has 0 spiro atoms. The van der Waals surface area contributed by atoms with Gasteiger partial charge in [0.1, 0.15) is 0 Å². The lowest BCUT2D eigenvalue weighted by atomic mass is 9.99. The Bertz CT molecular complexity index is 898. The second-order valence-electron chi connectivity index (χ2n) is 7.71. The van der Waals surface area contributed by atoms with Gasteiger partial charge in [0.05, 0.1) is 23.8 Å². The summed E-state index contributed by atoms with van der Waals surface area (Å²) in [5, 5.41) is 8.58. The Balaban J connectivity index is 1.64. The van der Waals surface area contributed by atoms with Crippen LogP contribution in [0.4, 0.5) is 5.69 Å². The second kappa shape index (κ2) is 10.0. The Labute approximate surface area is 176 Å². The minimum Gasteiger partial charge on any atom is -0.353 e. The number of amides is 3. The van der Waals surface area contributed by atoms with Crippen LogP contribution in [-0.4, -0.2) is 48.3 Å². The van der Waals surface area contributed by atoms with Crippen LogP contribution in [0.5, 0.6) is 0 Å². The number of piperazine rings is 1. The number of carbonyl (C=O) groups excluding carboxylic acids is 3. The molecule has 7 heteroatoms. The van der Waals surface area contributed by atoms with Crippen LogP contribution in [0.15, 0.2) is 54.6 Å². The summed E-state index contributed by atoms with van der Waals surface area (Å²) in [6.45, 7) is 5.56. The van der Waals surface area contributed by atoms with Gasteiger partial charge in [0, 0.05) is 19.6 Å². The van der Waals surface area contributed by atoms with Gasteiger partial charge in [-0.3, -0.25) is 19.3 Å². The average Bonchev–Trinajstić information content (AvgIpc) is 2.73. The highest BCUT2D eigenvalue weighted by molar-refractivity contribution is 6.04. The molecule has 2 aromatic carbocycles. The molecule has 2 aromatic rings. The highest BCUT2D eigenvalue weighted by atomic mass is 16.2. The molecule has 0 radical (unpaired) electrons. The van der Waals surface area contributed by atoms with Crippen molar-refractivity contribution in [3.63, 3.8) is 0 Å². The van der Waals surface area contributed by atoms with Crippen molar-refractivity contribution in [1.29, 1.82) is 0 Å². The first-order chi connectivity index (χ1) is 14.5. The van der Waals surface area contributed by atoms with E-state index < -0.39 is 0 Å². The molecule has 1 heterocycles. The van der Waals surface area contributed by atoms with Gasteiger partial charge >= 0.3 is 0 Å². The Morgan fingerprint density at radius 2 is 1.80 bits per heavy atom. The largest absolute Gasteiger partial charge is 0.353 e. The van der Waals surface area contributed by atoms with E-state index >= 15 is 0 Å². The van der Waals surface area contributed by atoms with Crippen molar-refractivity contribution in [3.05, 3.63) is 65.7 Å². The van der Waals surface area contributed by atoms with Crippen LogP contribution in [0.2, 0.25) is 0 Å². The van der Waals surface area contributed by atoms with Crippen molar-refractivity contribution < 1.29 is 14.4 Å². The lowest BCUT2D eigenvalue weighted by Gasteiger charge is -2.36. The molecular weight excluding hydrogens is 380 g/mol. The molecule has 0 aliphatic carbocycles. The predicted octanol–water partition coefficient (Wildman–Crippen LogP) is 2.01. The Morgan fingerprint density at radius 1 is 1.10 bits per heavy atom. The molecule has 3 rings (SSSR count). The Kier molecular flexibility index (Phi) is 7.19. The van der Waals surface area contributed by atoms with Crippen LogP contribution < -0.4 is 16.0 Å². The molecule has 1 atom stereocenters. The summed E-state index contributed by atoms with van der Waals surface area (Å²) < 4.78 is 0. The molecule has 158 valence electrons. The number of para-hydroxylation sites is 1. The quantitative estimate of drug-likeness (QED) is 0.654. The van der Waals surface area contributed by atoms with Crippen LogP contribution in [0.25, 0.3) is 0 Å². The molecule has 0 saturated carbocycles. The second-order valence-corrected chi connectivity index (χ2v) is 7.71. The molecular formula is C23H28N4O3. The molecule has 0 bridgehead atoms. The van der Waals surface area contributed by atoms with E-state index in [2.05, 4.69) is 16.0 Å². The number of benzene rings is 2. The zero-order valence-corrected chi connectivity index (χ0v) is 17.4. The zero-order valence-electron chi connectivity index (χ0n) is 17.4. The van der Waals surface area contributed by atoms with E-state index in [0.29, 0.717) is 30.9 Å². The predicted molar refractivity (Wildman–Crippen MR) is 116 cm³/mol. The first kappa shape index (κ1) is 21.5. The molecule has 3 N–H and O–H groups in total. The lowest BCUT2D eigenvalue weighted by Crippen LogP contribution is -2.58. The van der Waals surface area contributed by atoms with Crippen LogP contribution in [0, 0.1) is 5.92 Å². The van der Waals surface area contributed by atoms with Crippen molar-refractivity contribution in [2.75, 3.05) is 25.0 Å². The van der Waals surface area contributed by atoms with E-state index in [-0.39, 0.29) is 36.2 Å². The van der Waals surface area contributed by atoms with Gasteiger partial charge in [-0.1, -0.05) is 56.3 Å². The Morgan fingerprint density at radius 3 is 2.53 bits per heavy atom. The van der Waals surface area contributed by atoms with Gasteiger partial charge in [0.15, 0.2) is 0 Å². The third-order valence-electron chi connectivity index (χ3n) is 5.08. The summed E-state index contributed by atoms with van der Waals surface area (Å²) in [5.74, 6) is -0.468. The number of carbonyl (C=O) groups is 3. The van der Waals surface area contributed by atoms with Crippen molar-refractivity contribution in [3.8, 4) is 0 Å². The Hall–Kier alpha value is -3.19. The molecule has 1 aliphatic rings. The zero-order chi connectivity index (χ0) is 21.5. The van der Waals surface area contributed by atoms with Crippen LogP contribution in [-0.2, 0) is 16.1 Å². The number of rotatable bonds is 7. The topological polar surface area (TPSA) is 90.5 Å². The maximum atomic E-state index is 12.7. The van der Waals surface area contributed by atoms with Crippen molar-refractivity contribution in [2.45, 2.75) is 26.4 Å². The molecule has 7 nitrogen and oxygen atoms in total. The maximum Gasteiger partial charge on any atom is 0.253 e. The smallest absolute Gasteiger partial charge is 0.253 e. The fourth-order valence-electron chi connectivity index (χ4n) is 3.67. The first-order valence-corrected chi connectivity index (χ1v) is 10.2. The van der Waals surface area contributed by atoms with Gasteiger partial charge in [-0.2, -0.15) is 0 Å². The minimum atomic E-state index is -0.339. The monoisotopic (exact) mass is 408 g/mol. The van der Waals surface area contributed by atoms with Crippen LogP contribution >= 0.6 is 0 Å². The molecule has 1 unspecified atom stereocenters. The summed E-state index contributed by atoms with van der Waals surface area (Å²) >= 11 is 0. The van der Waals surface area contributed by atoms with Gasteiger partial charge in [0.25, 0.3) is 5.91 Å². The average molecular weight is 409 g/mol. The summed E-state index contributed by atoms with van der Waals surface area (Å²) in [7, 11) is 0. The summed E-state index contributed by atoms with van der Waals surface area (Å²) in [5.41, 5.74) is 1.85. The number of anilines is 1. The van der Waals surface area contributed by atoms with Gasteiger partial charge in [-0.25, -0.2) is 0 Å². The van der Waals surface area contributed by atoms with E-state index in [1.807, 2.05) is 49.1 Å². The third kappa shape index (κ3) is 5.45. The van der Waals surface area contributed by atoms with Crippen molar-refractivity contribution >= 4 is 23.4 Å². The fraction of sp³-hybridized carbons (Fsp3) is 0.348. The van der Waals surface area contributed by atoms with E-state index in [1.165, 1.54) is 0 Å². The van der Waals surface area contributed by atoms with Gasteiger partial charge in [0.2, 0.25) is 11.8 Å². The molecule has 1 saturated heterocycles. The molecule has 0 aromatic heterocycles. The van der Waals surface area contributed by atoms with Crippen LogP contribution in [0.3, 0.4) is 0 Å². The third-order valence-corrected chi connectivity index (χ3v) is 5.08. The summed E-state index contributed by atoms with van der Waals surface area (Å²) in [6.07, 6.45) is 0. The molecule has 3 amide bonds. The van der Waals surface area contributed by atoms with Gasteiger partial charge in [-0.05, 0) is 23.6 Å². The van der Waals surface area contributed by atoms with Crippen LogP contribution in [0.1, 0.15) is 29.8 Å². The maximum absolute atomic E-state index is 12.7. The van der Waals surface area contributed by atoms with Gasteiger partial charge < -0.3 is 16.0 Å². The standard InChI is InChI=1S/C23H28N4O3/c1-16(2)21-23(30)24-12-13-27(21)15-20(28)26-19-11-7-6-10-18(19)22(29)25-14-17-8-4-3-5-9-17/h3-11,16,21H,12-15H2,1-2H3,(H,24,30)(H,25,29)(H,26,28). The molecule has 30 heavy (non-hydrogen) atoms. The number of hydrogen-bond donors (Lipinski definition) is 3. The number of nitrogens with one attached hydrogen (secondary N) is 3. The van der Waals surface area contributed by atoms with E-state index in [0.717, 1.165) is 5.56 Å². The van der Waals surface area contributed by atoms with Crippen molar-refractivity contribution in [1.82, 2.24) is 15.5 Å². The van der Waals surface area contributed by atoms with E-state index in [4.69, 9.17) is 0 Å². The van der Waals surface area contributed by atoms with Gasteiger partial charge in [-0.15, -0.1) is 0 Å². The highest BCUT2D eigenvalue weighted by Gasteiger charge is 2.33. The lowest BCUT2D eigenvalue weighted by molar-refractivity contribution is -0.132. The SMILES string of the molecule is CC(C)C1C(=O)NCCN1CC(=O)Nc1ccccc1C(=O)NCc1ccccc1. The number of hydrogen-bond acceptors (Lipinski definition) is 4. The molecule has 1 aliphatic heterocycles. The first-order valence-electron chi connectivity index (χ1n) is 10.2. The summed E-state index contributed by atoms with van der Waals surface area (Å²) in [6, 6.07) is 16.2. The summed E-state index contributed by atoms with van der Waals surface area (Å²) in [4.78, 5) is 39.4. The normalized spacial score (nSPS) is 16.8. The minimum absolute atomic E-state index is 0.0512. The fourth-order valence-corrected chi connectivity index (χ4v) is 3.67. The van der Waals surface area contributed by atoms with E-state index in [1.54, 1.807) is 24.3 Å². The molecule has 1 fully saturated rings. The van der Waals surface area contributed by atoms with E-state index in [9.17, 15) is 14.4 Å². The highest BCUT2D eigenvalue weighted by Crippen LogP contribution is 2.17. The number of nitrogens with zero attached hydrogens (tertiary/aromatic N) is 1. The van der Waals surface area contributed by atoms with Crippen molar-refractivity contribution in [2.24, 2.45) is 5.92 Å².